The second-order valence-electron chi connectivity index (χ2n) is 5.54. The maximum atomic E-state index is 12.2. The van der Waals surface area contributed by atoms with Gasteiger partial charge in [-0.2, -0.15) is 0 Å². The molecular weight excluding hydrogens is 364 g/mol. The summed E-state index contributed by atoms with van der Waals surface area (Å²) in [5.41, 5.74) is 1.35. The van der Waals surface area contributed by atoms with Crippen molar-refractivity contribution in [2.45, 2.75) is 13.8 Å². The first kappa shape index (κ1) is 20.6. The predicted molar refractivity (Wildman–Crippen MR) is 104 cm³/mol. The van der Waals surface area contributed by atoms with E-state index >= 15 is 0 Å². The number of amides is 1. The Hall–Kier alpha value is -3.68. The number of esters is 1. The molecule has 0 spiro atoms. The lowest BCUT2D eigenvalue weighted by Crippen LogP contribution is -2.11. The second kappa shape index (κ2) is 9.86. The van der Waals surface area contributed by atoms with Gasteiger partial charge in [0.15, 0.2) is 0 Å². The summed E-state index contributed by atoms with van der Waals surface area (Å²) in [5.74, 6) is -0.535. The van der Waals surface area contributed by atoms with Crippen molar-refractivity contribution in [1.29, 1.82) is 0 Å². The maximum Gasteiger partial charge on any atom is 0.338 e. The third-order valence-electron chi connectivity index (χ3n) is 3.58. The molecule has 0 aliphatic carbocycles. The molecular formula is C20H20N2O6. The van der Waals surface area contributed by atoms with E-state index in [0.29, 0.717) is 29.2 Å². The van der Waals surface area contributed by atoms with Gasteiger partial charge in [0, 0.05) is 18.2 Å². The van der Waals surface area contributed by atoms with Crippen molar-refractivity contribution in [2.75, 3.05) is 18.5 Å². The number of ether oxygens (including phenoxy) is 2. The molecule has 146 valence electrons. The summed E-state index contributed by atoms with van der Waals surface area (Å²) < 4.78 is 10.5. The van der Waals surface area contributed by atoms with Crippen molar-refractivity contribution in [3.63, 3.8) is 0 Å². The van der Waals surface area contributed by atoms with E-state index in [1.54, 1.807) is 32.0 Å². The number of anilines is 1. The predicted octanol–water partition coefficient (Wildman–Crippen LogP) is 3.82. The van der Waals surface area contributed by atoms with Crippen LogP contribution >= 0.6 is 0 Å². The highest BCUT2D eigenvalue weighted by atomic mass is 16.6. The first-order chi connectivity index (χ1) is 13.4. The van der Waals surface area contributed by atoms with Gasteiger partial charge in [-0.15, -0.1) is 0 Å². The zero-order chi connectivity index (χ0) is 20.5. The summed E-state index contributed by atoms with van der Waals surface area (Å²) in [5, 5.41) is 13.3. The van der Waals surface area contributed by atoms with Gasteiger partial charge >= 0.3 is 5.97 Å². The number of nitrogens with zero attached hydrogens (tertiary/aromatic N) is 1. The number of hydrogen-bond acceptors (Lipinski definition) is 6. The Bertz CT molecular complexity index is 890. The average Bonchev–Trinajstić information content (AvgIpc) is 2.68. The molecule has 0 heterocycles. The number of benzene rings is 2. The van der Waals surface area contributed by atoms with Crippen molar-refractivity contribution in [1.82, 2.24) is 0 Å². The van der Waals surface area contributed by atoms with Crippen LogP contribution in [0.25, 0.3) is 6.08 Å². The number of nitrogens with one attached hydrogen (secondary N) is 1. The summed E-state index contributed by atoms with van der Waals surface area (Å²) in [4.78, 5) is 34.2. The highest BCUT2D eigenvalue weighted by molar-refractivity contribution is 6.03. The summed E-state index contributed by atoms with van der Waals surface area (Å²) in [7, 11) is 0. The van der Waals surface area contributed by atoms with Crippen LogP contribution in [0.2, 0.25) is 0 Å². The highest BCUT2D eigenvalue weighted by Gasteiger charge is 2.12. The number of rotatable bonds is 8. The first-order valence-electron chi connectivity index (χ1n) is 8.62. The quantitative estimate of drug-likeness (QED) is 0.321. The molecule has 0 aliphatic rings. The van der Waals surface area contributed by atoms with Crippen molar-refractivity contribution >= 4 is 29.3 Å². The van der Waals surface area contributed by atoms with Crippen LogP contribution in [0.3, 0.4) is 0 Å². The molecule has 0 aliphatic heterocycles. The number of nitro benzene ring substituents is 1. The van der Waals surface area contributed by atoms with Crippen LogP contribution in [0, 0.1) is 10.1 Å². The summed E-state index contributed by atoms with van der Waals surface area (Å²) in [6.45, 7) is 4.12. The van der Waals surface area contributed by atoms with E-state index in [9.17, 15) is 19.7 Å². The van der Waals surface area contributed by atoms with Gasteiger partial charge in [-0.3, -0.25) is 14.9 Å². The Balaban J connectivity index is 2.11. The largest absolute Gasteiger partial charge is 0.492 e. The van der Waals surface area contributed by atoms with Crippen molar-refractivity contribution in [3.8, 4) is 5.75 Å². The lowest BCUT2D eigenvalue weighted by atomic mass is 10.1. The van der Waals surface area contributed by atoms with Gasteiger partial charge in [-0.05, 0) is 55.8 Å². The SMILES string of the molecule is CCOC(=O)c1ccc(NC(=O)/C=C/c2ccc([N+](=O)[O-])cc2)c(OCC)c1. The smallest absolute Gasteiger partial charge is 0.338 e. The molecule has 1 N–H and O–H groups in total. The molecule has 0 radical (unpaired) electrons. The van der Waals surface area contributed by atoms with E-state index in [4.69, 9.17) is 9.47 Å². The number of non-ortho nitro benzene ring substituents is 1. The van der Waals surface area contributed by atoms with Crippen LogP contribution in [0.15, 0.2) is 48.5 Å². The molecule has 2 aromatic carbocycles. The topological polar surface area (TPSA) is 108 Å². The molecule has 0 saturated carbocycles. The fraction of sp³-hybridized carbons (Fsp3) is 0.200. The van der Waals surface area contributed by atoms with Crippen molar-refractivity contribution in [3.05, 3.63) is 69.8 Å². The molecule has 2 aromatic rings. The molecule has 8 nitrogen and oxygen atoms in total. The van der Waals surface area contributed by atoms with Crippen molar-refractivity contribution < 1.29 is 24.0 Å². The van der Waals surface area contributed by atoms with Crippen LogP contribution < -0.4 is 10.1 Å². The molecule has 1 amide bonds. The number of nitro groups is 1. The lowest BCUT2D eigenvalue weighted by molar-refractivity contribution is -0.384. The van der Waals surface area contributed by atoms with Gasteiger partial charge in [0.2, 0.25) is 5.91 Å². The van der Waals surface area contributed by atoms with Crippen LogP contribution in [0.5, 0.6) is 5.75 Å². The Morgan fingerprint density at radius 3 is 2.43 bits per heavy atom. The third kappa shape index (κ3) is 5.66. The number of carbonyl (C=O) groups excluding carboxylic acids is 2. The lowest BCUT2D eigenvalue weighted by Gasteiger charge is -2.12. The van der Waals surface area contributed by atoms with E-state index in [-0.39, 0.29) is 12.3 Å². The molecule has 0 aromatic heterocycles. The average molecular weight is 384 g/mol. The molecule has 2 rings (SSSR count). The number of carbonyl (C=O) groups is 2. The van der Waals surface area contributed by atoms with Crippen LogP contribution in [-0.4, -0.2) is 30.0 Å². The maximum absolute atomic E-state index is 12.2. The van der Waals surface area contributed by atoms with Crippen LogP contribution in [-0.2, 0) is 9.53 Å². The standard InChI is InChI=1S/C20H20N2O6/c1-3-27-18-13-15(20(24)28-4-2)8-11-17(18)21-19(23)12-7-14-5-9-16(10-6-14)22(25)26/h5-13H,3-4H2,1-2H3,(H,21,23)/b12-7+. The van der Waals surface area contributed by atoms with Crippen LogP contribution in [0.4, 0.5) is 11.4 Å². The minimum Gasteiger partial charge on any atom is -0.492 e. The fourth-order valence-corrected chi connectivity index (χ4v) is 2.30. The Morgan fingerprint density at radius 2 is 1.82 bits per heavy atom. The third-order valence-corrected chi connectivity index (χ3v) is 3.58. The number of hydrogen-bond donors (Lipinski definition) is 1. The van der Waals surface area contributed by atoms with Crippen molar-refractivity contribution in [2.24, 2.45) is 0 Å². The van der Waals surface area contributed by atoms with Gasteiger partial charge in [0.25, 0.3) is 5.69 Å². The Morgan fingerprint density at radius 1 is 1.11 bits per heavy atom. The minimum absolute atomic E-state index is 0.0235. The molecule has 28 heavy (non-hydrogen) atoms. The molecule has 0 unspecified atom stereocenters. The minimum atomic E-state index is -0.491. The van der Waals surface area contributed by atoms with Gasteiger partial charge < -0.3 is 14.8 Å². The fourth-order valence-electron chi connectivity index (χ4n) is 2.30. The van der Waals surface area contributed by atoms with Gasteiger partial charge in [-0.1, -0.05) is 0 Å². The highest BCUT2D eigenvalue weighted by Crippen LogP contribution is 2.26. The van der Waals surface area contributed by atoms with Crippen LogP contribution in [0.1, 0.15) is 29.8 Å². The normalized spacial score (nSPS) is 10.5. The summed E-state index contributed by atoms with van der Waals surface area (Å²) >= 11 is 0. The first-order valence-corrected chi connectivity index (χ1v) is 8.62. The molecule has 0 bridgehead atoms. The van der Waals surface area contributed by atoms with Gasteiger partial charge in [0.1, 0.15) is 5.75 Å². The Labute approximate surface area is 161 Å². The molecule has 0 saturated heterocycles. The van der Waals surface area contributed by atoms with E-state index < -0.39 is 16.8 Å². The monoisotopic (exact) mass is 384 g/mol. The summed E-state index contributed by atoms with van der Waals surface area (Å²) in [6.07, 6.45) is 2.84. The molecule has 8 heteroatoms. The van der Waals surface area contributed by atoms with Gasteiger partial charge in [-0.25, -0.2) is 4.79 Å². The van der Waals surface area contributed by atoms with Gasteiger partial charge in [0.05, 0.1) is 29.4 Å². The zero-order valence-electron chi connectivity index (χ0n) is 15.5. The van der Waals surface area contributed by atoms with E-state index in [0.717, 1.165) is 0 Å². The Kier molecular flexibility index (Phi) is 7.27. The van der Waals surface area contributed by atoms with E-state index in [1.807, 2.05) is 0 Å². The second-order valence-corrected chi connectivity index (χ2v) is 5.54. The summed E-state index contributed by atoms with van der Waals surface area (Å²) in [6, 6.07) is 10.4. The van der Waals surface area contributed by atoms with E-state index in [1.165, 1.54) is 36.4 Å². The zero-order valence-corrected chi connectivity index (χ0v) is 15.5. The molecule has 0 atom stereocenters. The molecule has 0 fully saturated rings. The van der Waals surface area contributed by atoms with E-state index in [2.05, 4.69) is 5.32 Å².